The maximum Gasteiger partial charge on any atom is 0.286 e. The van der Waals surface area contributed by atoms with Crippen molar-refractivity contribution in [1.82, 2.24) is 4.72 Å². The first kappa shape index (κ1) is 18.5. The lowest BCUT2D eigenvalue weighted by Gasteiger charge is -2.12. The van der Waals surface area contributed by atoms with Crippen LogP contribution in [0.3, 0.4) is 0 Å². The van der Waals surface area contributed by atoms with E-state index in [0.717, 1.165) is 5.56 Å². The van der Waals surface area contributed by atoms with Gasteiger partial charge in [-0.05, 0) is 43.3 Å². The smallest absolute Gasteiger partial charge is 0.268 e. The molecule has 136 valence electrons. The van der Waals surface area contributed by atoms with Gasteiger partial charge in [0.25, 0.3) is 11.8 Å². The summed E-state index contributed by atoms with van der Waals surface area (Å²) in [6, 6.07) is 23.4. The predicted octanol–water partition coefficient (Wildman–Crippen LogP) is 4.01. The molecule has 0 aliphatic rings. The van der Waals surface area contributed by atoms with Gasteiger partial charge in [-0.2, -0.15) is 0 Å². The highest BCUT2D eigenvalue weighted by Crippen LogP contribution is 2.15. The van der Waals surface area contributed by atoms with E-state index >= 15 is 0 Å². The van der Waals surface area contributed by atoms with Crippen molar-refractivity contribution in [1.29, 1.82) is 0 Å². The molecule has 0 aromatic heterocycles. The Labute approximate surface area is 158 Å². The van der Waals surface area contributed by atoms with Crippen LogP contribution in [0.25, 0.3) is 0 Å². The topological polar surface area (TPSA) is 75.6 Å². The van der Waals surface area contributed by atoms with Crippen molar-refractivity contribution in [2.75, 3.05) is 0 Å². The molecule has 1 atom stereocenters. The lowest BCUT2D eigenvalue weighted by Crippen LogP contribution is -2.31. The van der Waals surface area contributed by atoms with E-state index in [1.807, 2.05) is 6.92 Å². The van der Waals surface area contributed by atoms with Gasteiger partial charge in [0, 0.05) is 11.1 Å². The number of aryl methyl sites for hydroxylation is 1. The Morgan fingerprint density at radius 3 is 1.85 bits per heavy atom. The summed E-state index contributed by atoms with van der Waals surface area (Å²) in [5, 5.41) is 0. The molecule has 0 aliphatic heterocycles. The normalized spacial score (nSPS) is 12.6. The van der Waals surface area contributed by atoms with E-state index in [-0.39, 0.29) is 4.90 Å². The van der Waals surface area contributed by atoms with Crippen LogP contribution >= 0.6 is 0 Å². The molecule has 0 bridgehead atoms. The minimum absolute atomic E-state index is 0.265. The minimum Gasteiger partial charge on any atom is -0.268 e. The van der Waals surface area contributed by atoms with E-state index in [4.69, 9.17) is 0 Å². The van der Waals surface area contributed by atoms with Gasteiger partial charge in [0.15, 0.2) is 9.92 Å². The van der Waals surface area contributed by atoms with Gasteiger partial charge in [0.1, 0.15) is 0 Å². The summed E-state index contributed by atoms with van der Waals surface area (Å²) in [5.41, 5.74) is 1.59. The maximum absolute atomic E-state index is 13.5. The van der Waals surface area contributed by atoms with E-state index in [9.17, 15) is 13.8 Å². The SMILES string of the molecule is Cc1ccc(S(=O)(=NC(=O)c2ccccc2)NC(=O)c2ccccc2)cc1. The summed E-state index contributed by atoms with van der Waals surface area (Å²) in [7, 11) is -3.50. The van der Waals surface area contributed by atoms with Crippen molar-refractivity contribution in [2.24, 2.45) is 4.36 Å². The van der Waals surface area contributed by atoms with Gasteiger partial charge in [0.05, 0.1) is 4.90 Å². The summed E-state index contributed by atoms with van der Waals surface area (Å²) < 4.78 is 19.9. The van der Waals surface area contributed by atoms with Crippen LogP contribution in [0.5, 0.6) is 0 Å². The molecule has 3 aromatic rings. The molecule has 1 N–H and O–H groups in total. The maximum atomic E-state index is 13.5. The lowest BCUT2D eigenvalue weighted by atomic mass is 10.2. The number of benzene rings is 3. The zero-order valence-corrected chi connectivity index (χ0v) is 15.5. The zero-order chi connectivity index (χ0) is 19.3. The number of carbonyl (C=O) groups excluding carboxylic acids is 2. The second-order valence-corrected chi connectivity index (χ2v) is 7.81. The molecule has 0 radical (unpaired) electrons. The summed E-state index contributed by atoms with van der Waals surface area (Å²) in [5.74, 6) is -1.22. The number of hydrogen-bond donors (Lipinski definition) is 1. The monoisotopic (exact) mass is 378 g/mol. The highest BCUT2D eigenvalue weighted by atomic mass is 32.2. The number of nitrogens with zero attached hydrogens (tertiary/aromatic N) is 1. The van der Waals surface area contributed by atoms with Crippen LogP contribution in [-0.4, -0.2) is 16.0 Å². The van der Waals surface area contributed by atoms with E-state index in [1.54, 1.807) is 84.9 Å². The molecular weight excluding hydrogens is 360 g/mol. The van der Waals surface area contributed by atoms with Crippen LogP contribution in [0.4, 0.5) is 0 Å². The van der Waals surface area contributed by atoms with E-state index in [2.05, 4.69) is 9.08 Å². The van der Waals surface area contributed by atoms with Gasteiger partial charge >= 0.3 is 0 Å². The summed E-state index contributed by atoms with van der Waals surface area (Å²) in [4.78, 5) is 25.3. The molecule has 0 saturated carbocycles. The fraction of sp³-hybridized carbons (Fsp3) is 0.0476. The lowest BCUT2D eigenvalue weighted by molar-refractivity contribution is 0.0982. The van der Waals surface area contributed by atoms with Crippen molar-refractivity contribution in [3.8, 4) is 0 Å². The number of amides is 2. The quantitative estimate of drug-likeness (QED) is 0.745. The average Bonchev–Trinajstić information content (AvgIpc) is 2.69. The summed E-state index contributed by atoms with van der Waals surface area (Å²) in [6.45, 7) is 1.89. The summed E-state index contributed by atoms with van der Waals surface area (Å²) in [6.07, 6.45) is 0. The molecular formula is C21H18N2O3S. The largest absolute Gasteiger partial charge is 0.286 e. The number of nitrogens with one attached hydrogen (secondary N) is 1. The Bertz CT molecular complexity index is 1070. The standard InChI is InChI=1S/C21H18N2O3S/c1-16-12-14-19(15-13-16)27(26,22-20(24)17-8-4-2-5-9-17)23-21(25)18-10-6-3-7-11-18/h2-15H,1H3,(H,22,23,24,25,26). The van der Waals surface area contributed by atoms with E-state index in [1.165, 1.54) is 0 Å². The number of carbonyl (C=O) groups is 2. The number of rotatable bonds is 4. The molecule has 3 rings (SSSR count). The molecule has 0 spiro atoms. The highest BCUT2D eigenvalue weighted by Gasteiger charge is 2.20. The van der Waals surface area contributed by atoms with Gasteiger partial charge in [-0.3, -0.25) is 14.3 Å². The molecule has 0 aliphatic carbocycles. The van der Waals surface area contributed by atoms with Crippen molar-refractivity contribution in [2.45, 2.75) is 11.8 Å². The first-order chi connectivity index (χ1) is 13.0. The zero-order valence-electron chi connectivity index (χ0n) is 14.7. The predicted molar refractivity (Wildman–Crippen MR) is 105 cm³/mol. The van der Waals surface area contributed by atoms with E-state index < -0.39 is 21.7 Å². The average molecular weight is 378 g/mol. The Morgan fingerprint density at radius 1 is 0.778 bits per heavy atom. The van der Waals surface area contributed by atoms with Crippen LogP contribution in [0.2, 0.25) is 0 Å². The molecule has 0 saturated heterocycles. The van der Waals surface area contributed by atoms with Crippen molar-refractivity contribution >= 4 is 21.7 Å². The van der Waals surface area contributed by atoms with Crippen molar-refractivity contribution in [3.63, 3.8) is 0 Å². The first-order valence-corrected chi connectivity index (χ1v) is 9.80. The second-order valence-electron chi connectivity index (χ2n) is 5.90. The van der Waals surface area contributed by atoms with Crippen LogP contribution in [0.15, 0.2) is 94.2 Å². The third kappa shape index (κ3) is 4.48. The highest BCUT2D eigenvalue weighted by molar-refractivity contribution is 7.92. The molecule has 3 aromatic carbocycles. The van der Waals surface area contributed by atoms with Gasteiger partial charge < -0.3 is 0 Å². The fourth-order valence-electron chi connectivity index (χ4n) is 2.38. The van der Waals surface area contributed by atoms with Gasteiger partial charge in [0.2, 0.25) is 0 Å². The summed E-state index contributed by atoms with van der Waals surface area (Å²) >= 11 is 0. The Kier molecular flexibility index (Phi) is 5.47. The van der Waals surface area contributed by atoms with Crippen molar-refractivity contribution in [3.05, 3.63) is 102 Å². The third-order valence-electron chi connectivity index (χ3n) is 3.84. The Balaban J connectivity index is 2.05. The van der Waals surface area contributed by atoms with Gasteiger partial charge in [-0.1, -0.05) is 54.1 Å². The molecule has 0 fully saturated rings. The van der Waals surface area contributed by atoms with E-state index in [0.29, 0.717) is 11.1 Å². The second kappa shape index (κ2) is 7.97. The molecule has 0 heterocycles. The van der Waals surface area contributed by atoms with Gasteiger partial charge in [-0.25, -0.2) is 4.21 Å². The first-order valence-electron chi connectivity index (χ1n) is 8.28. The molecule has 1 unspecified atom stereocenters. The Hall–Kier alpha value is -3.25. The third-order valence-corrected chi connectivity index (χ3v) is 5.64. The molecule has 6 heteroatoms. The number of hydrogen-bond acceptors (Lipinski definition) is 3. The Morgan fingerprint density at radius 2 is 1.30 bits per heavy atom. The molecule has 27 heavy (non-hydrogen) atoms. The van der Waals surface area contributed by atoms with Crippen molar-refractivity contribution < 1.29 is 13.8 Å². The fourth-order valence-corrected chi connectivity index (χ4v) is 3.86. The molecule has 2 amide bonds. The van der Waals surface area contributed by atoms with Crippen LogP contribution in [0, 0.1) is 6.92 Å². The van der Waals surface area contributed by atoms with Crippen LogP contribution in [0.1, 0.15) is 26.3 Å². The minimum atomic E-state index is -3.50. The molecule has 5 nitrogen and oxygen atoms in total. The van der Waals surface area contributed by atoms with Crippen LogP contribution < -0.4 is 4.72 Å². The van der Waals surface area contributed by atoms with Gasteiger partial charge in [-0.15, -0.1) is 4.36 Å². The van der Waals surface area contributed by atoms with Crippen LogP contribution in [-0.2, 0) is 9.92 Å².